The Morgan fingerprint density at radius 1 is 1.24 bits per heavy atom. The number of carbonyl (C=O) groups excluding carboxylic acids is 1. The van der Waals surface area contributed by atoms with Gasteiger partial charge in [0.1, 0.15) is 0 Å². The Hall–Kier alpha value is -1.30. The van der Waals surface area contributed by atoms with E-state index in [9.17, 15) is 9.59 Å². The van der Waals surface area contributed by atoms with Gasteiger partial charge in [-0.1, -0.05) is 0 Å². The number of carboxylic acids is 1. The van der Waals surface area contributed by atoms with E-state index in [1.165, 1.54) is 4.90 Å². The zero-order chi connectivity index (χ0) is 13.4. The lowest BCUT2D eigenvalue weighted by molar-refractivity contribution is -0.137. The average Bonchev–Trinajstić information content (AvgIpc) is 2.25. The predicted octanol–water partition coefficient (Wildman–Crippen LogP) is 0.443. The minimum Gasteiger partial charge on any atom is -0.481 e. The highest BCUT2D eigenvalue weighted by Crippen LogP contribution is 1.92. The van der Waals surface area contributed by atoms with Gasteiger partial charge in [-0.2, -0.15) is 0 Å². The van der Waals surface area contributed by atoms with Crippen LogP contribution in [0.2, 0.25) is 0 Å². The van der Waals surface area contributed by atoms with Crippen LogP contribution < -0.4 is 5.32 Å². The highest BCUT2D eigenvalue weighted by molar-refractivity contribution is 5.74. The molecular formula is C11H23N3O3. The molecule has 0 saturated heterocycles. The summed E-state index contributed by atoms with van der Waals surface area (Å²) in [6.45, 7) is 5.73. The van der Waals surface area contributed by atoms with E-state index in [0.29, 0.717) is 12.6 Å². The van der Waals surface area contributed by atoms with Gasteiger partial charge in [-0.05, 0) is 20.9 Å². The molecule has 6 heteroatoms. The molecule has 0 aliphatic heterocycles. The number of nitrogens with zero attached hydrogens (tertiary/aromatic N) is 2. The molecule has 6 nitrogen and oxygen atoms in total. The summed E-state index contributed by atoms with van der Waals surface area (Å²) in [5.74, 6) is -0.899. The predicted molar refractivity (Wildman–Crippen MR) is 66.0 cm³/mol. The van der Waals surface area contributed by atoms with Crippen LogP contribution >= 0.6 is 0 Å². The first-order valence-electron chi connectivity index (χ1n) is 5.75. The maximum absolute atomic E-state index is 11.5. The number of hydrogen-bond donors (Lipinski definition) is 2. The Kier molecular flexibility index (Phi) is 7.29. The summed E-state index contributed by atoms with van der Waals surface area (Å²) in [6, 6.07) is 0.208. The summed E-state index contributed by atoms with van der Waals surface area (Å²) in [5.41, 5.74) is 0. The van der Waals surface area contributed by atoms with Gasteiger partial charge in [0.05, 0.1) is 6.42 Å². The first-order chi connectivity index (χ1) is 7.84. The molecule has 0 aromatic heterocycles. The minimum atomic E-state index is -0.899. The Morgan fingerprint density at radius 3 is 2.29 bits per heavy atom. The van der Waals surface area contributed by atoms with E-state index in [-0.39, 0.29) is 19.0 Å². The third kappa shape index (κ3) is 7.57. The highest BCUT2D eigenvalue weighted by Gasteiger charge is 2.10. The van der Waals surface area contributed by atoms with Gasteiger partial charge in [0.15, 0.2) is 0 Å². The SMILES string of the molecule is CC(C)N(C)CCNC(=O)N(C)CCC(=O)O. The van der Waals surface area contributed by atoms with Crippen molar-refractivity contribution < 1.29 is 14.7 Å². The standard InChI is InChI=1S/C11H23N3O3/c1-9(2)13(3)8-6-12-11(17)14(4)7-5-10(15)16/h9H,5-8H2,1-4H3,(H,12,17)(H,15,16). The first kappa shape index (κ1) is 15.7. The molecule has 2 amide bonds. The molecule has 0 aromatic carbocycles. The lowest BCUT2D eigenvalue weighted by atomic mass is 10.3. The van der Waals surface area contributed by atoms with E-state index in [1.807, 2.05) is 7.05 Å². The third-order valence-corrected chi connectivity index (χ3v) is 2.63. The number of likely N-dealkylation sites (N-methyl/N-ethyl adjacent to an activating group) is 1. The zero-order valence-corrected chi connectivity index (χ0v) is 11.1. The Bertz CT molecular complexity index is 256. The molecule has 0 unspecified atom stereocenters. The molecule has 0 atom stereocenters. The van der Waals surface area contributed by atoms with Gasteiger partial charge in [0.25, 0.3) is 0 Å². The van der Waals surface area contributed by atoms with Crippen LogP contribution in [0.25, 0.3) is 0 Å². The summed E-state index contributed by atoms with van der Waals surface area (Å²) < 4.78 is 0. The lowest BCUT2D eigenvalue weighted by Gasteiger charge is -2.22. The second kappa shape index (κ2) is 7.89. The van der Waals surface area contributed by atoms with Gasteiger partial charge in [0, 0.05) is 32.7 Å². The van der Waals surface area contributed by atoms with Crippen LogP contribution in [0.4, 0.5) is 4.79 Å². The number of hydrogen-bond acceptors (Lipinski definition) is 3. The summed E-state index contributed by atoms with van der Waals surface area (Å²) in [6.07, 6.45) is -0.0319. The van der Waals surface area contributed by atoms with Crippen LogP contribution in [-0.2, 0) is 4.79 Å². The Labute approximate surface area is 103 Å². The number of urea groups is 1. The maximum Gasteiger partial charge on any atom is 0.317 e. The van der Waals surface area contributed by atoms with Crippen LogP contribution in [0.5, 0.6) is 0 Å². The van der Waals surface area contributed by atoms with Crippen molar-refractivity contribution in [2.45, 2.75) is 26.3 Å². The molecule has 0 aliphatic rings. The van der Waals surface area contributed by atoms with Crippen LogP contribution in [0, 0.1) is 0 Å². The van der Waals surface area contributed by atoms with Crippen molar-refractivity contribution in [2.24, 2.45) is 0 Å². The van der Waals surface area contributed by atoms with Crippen molar-refractivity contribution in [3.63, 3.8) is 0 Å². The molecule has 17 heavy (non-hydrogen) atoms. The molecule has 0 bridgehead atoms. The molecular weight excluding hydrogens is 222 g/mol. The molecule has 0 radical (unpaired) electrons. The number of amides is 2. The minimum absolute atomic E-state index is 0.0319. The van der Waals surface area contributed by atoms with Crippen molar-refractivity contribution in [1.29, 1.82) is 0 Å². The second-order valence-electron chi connectivity index (χ2n) is 4.37. The topological polar surface area (TPSA) is 72.9 Å². The lowest BCUT2D eigenvalue weighted by Crippen LogP contribution is -2.42. The van der Waals surface area contributed by atoms with E-state index in [2.05, 4.69) is 24.1 Å². The van der Waals surface area contributed by atoms with Gasteiger partial charge < -0.3 is 20.2 Å². The Balaban J connectivity index is 3.74. The van der Waals surface area contributed by atoms with Crippen molar-refractivity contribution in [1.82, 2.24) is 15.1 Å². The molecule has 0 heterocycles. The van der Waals surface area contributed by atoms with Crippen LogP contribution in [-0.4, -0.2) is 66.7 Å². The molecule has 0 fully saturated rings. The van der Waals surface area contributed by atoms with Gasteiger partial charge >= 0.3 is 12.0 Å². The normalized spacial score (nSPS) is 10.7. The fraction of sp³-hybridized carbons (Fsp3) is 0.818. The van der Waals surface area contributed by atoms with Gasteiger partial charge in [-0.15, -0.1) is 0 Å². The van der Waals surface area contributed by atoms with Crippen LogP contribution in [0.1, 0.15) is 20.3 Å². The summed E-state index contributed by atoms with van der Waals surface area (Å²) in [7, 11) is 3.58. The van der Waals surface area contributed by atoms with E-state index >= 15 is 0 Å². The first-order valence-corrected chi connectivity index (χ1v) is 5.75. The Morgan fingerprint density at radius 2 is 1.82 bits per heavy atom. The molecule has 100 valence electrons. The van der Waals surface area contributed by atoms with Gasteiger partial charge in [-0.3, -0.25) is 4.79 Å². The summed E-state index contributed by atoms with van der Waals surface area (Å²) in [5, 5.41) is 11.2. The molecule has 0 rings (SSSR count). The number of nitrogens with one attached hydrogen (secondary N) is 1. The summed E-state index contributed by atoms with van der Waals surface area (Å²) >= 11 is 0. The monoisotopic (exact) mass is 245 g/mol. The molecule has 0 aromatic rings. The van der Waals surface area contributed by atoms with Crippen molar-refractivity contribution in [2.75, 3.05) is 33.7 Å². The van der Waals surface area contributed by atoms with E-state index in [1.54, 1.807) is 7.05 Å². The number of rotatable bonds is 7. The maximum atomic E-state index is 11.5. The van der Waals surface area contributed by atoms with Crippen molar-refractivity contribution >= 4 is 12.0 Å². The fourth-order valence-electron chi connectivity index (χ4n) is 1.10. The number of aliphatic carboxylic acids is 1. The average molecular weight is 245 g/mol. The highest BCUT2D eigenvalue weighted by atomic mass is 16.4. The van der Waals surface area contributed by atoms with Crippen molar-refractivity contribution in [3.8, 4) is 0 Å². The number of carboxylic acid groups (broad SMARTS) is 1. The van der Waals surface area contributed by atoms with Crippen LogP contribution in [0.3, 0.4) is 0 Å². The zero-order valence-electron chi connectivity index (χ0n) is 11.1. The van der Waals surface area contributed by atoms with Crippen LogP contribution in [0.15, 0.2) is 0 Å². The fourth-order valence-corrected chi connectivity index (χ4v) is 1.10. The quantitative estimate of drug-likeness (QED) is 0.683. The van der Waals surface area contributed by atoms with E-state index < -0.39 is 5.97 Å². The van der Waals surface area contributed by atoms with Gasteiger partial charge in [-0.25, -0.2) is 4.79 Å². The van der Waals surface area contributed by atoms with E-state index in [4.69, 9.17) is 5.11 Å². The smallest absolute Gasteiger partial charge is 0.317 e. The largest absolute Gasteiger partial charge is 0.481 e. The third-order valence-electron chi connectivity index (χ3n) is 2.63. The second-order valence-corrected chi connectivity index (χ2v) is 4.37. The van der Waals surface area contributed by atoms with Gasteiger partial charge in [0.2, 0.25) is 0 Å². The molecule has 0 spiro atoms. The molecule has 2 N–H and O–H groups in total. The number of carbonyl (C=O) groups is 2. The van der Waals surface area contributed by atoms with Crippen molar-refractivity contribution in [3.05, 3.63) is 0 Å². The van der Waals surface area contributed by atoms with E-state index in [0.717, 1.165) is 6.54 Å². The molecule has 0 aliphatic carbocycles. The molecule has 0 saturated carbocycles. The summed E-state index contributed by atoms with van der Waals surface area (Å²) in [4.78, 5) is 25.4.